The predicted molar refractivity (Wildman–Crippen MR) is 76.8 cm³/mol. The van der Waals surface area contributed by atoms with E-state index in [9.17, 15) is 9.59 Å². The van der Waals surface area contributed by atoms with Gasteiger partial charge in [-0.2, -0.15) is 0 Å². The topological polar surface area (TPSA) is 59.2 Å². The van der Waals surface area contributed by atoms with Crippen LogP contribution in [-0.4, -0.2) is 23.3 Å². The Balaban J connectivity index is 2.09. The molecule has 3 aromatic rings. The van der Waals surface area contributed by atoms with Crippen LogP contribution in [0.5, 0.6) is 0 Å². The molecule has 0 spiro atoms. The Labute approximate surface area is 115 Å². The van der Waals surface area contributed by atoms with Crippen molar-refractivity contribution in [2.24, 2.45) is 0 Å². The van der Waals surface area contributed by atoms with Crippen LogP contribution in [0.2, 0.25) is 0 Å². The van der Waals surface area contributed by atoms with Gasteiger partial charge in [-0.25, -0.2) is 4.79 Å². The number of nitrogens with one attached hydrogen (secondary N) is 1. The Kier molecular flexibility index (Phi) is 2.99. The van der Waals surface area contributed by atoms with Gasteiger partial charge in [-0.3, -0.25) is 4.79 Å². The minimum atomic E-state index is -0.817. The van der Waals surface area contributed by atoms with Crippen LogP contribution in [0, 0.1) is 0 Å². The molecule has 0 unspecified atom stereocenters. The molecular weight excluding hydrogens is 254 g/mol. The third kappa shape index (κ3) is 1.95. The second-order valence-electron chi connectivity index (χ2n) is 4.48. The van der Waals surface area contributed by atoms with Crippen LogP contribution in [0.15, 0.2) is 42.5 Å². The number of rotatable bonds is 3. The molecule has 0 radical (unpaired) electrons. The second-order valence-corrected chi connectivity index (χ2v) is 4.48. The summed E-state index contributed by atoms with van der Waals surface area (Å²) < 4.78 is 4.73. The fraction of sp³-hybridized carbons (Fsp3) is 0.125. The number of ketones is 1. The van der Waals surface area contributed by atoms with Crippen molar-refractivity contribution in [3.05, 3.63) is 48.0 Å². The molecule has 20 heavy (non-hydrogen) atoms. The summed E-state index contributed by atoms with van der Waals surface area (Å²) in [7, 11) is 0. The number of ether oxygens (including phenoxy) is 1. The van der Waals surface area contributed by atoms with Gasteiger partial charge in [-0.1, -0.05) is 30.3 Å². The lowest BCUT2D eigenvalue weighted by molar-refractivity contribution is -0.137. The van der Waals surface area contributed by atoms with Crippen LogP contribution in [0.25, 0.3) is 21.8 Å². The van der Waals surface area contributed by atoms with E-state index in [-0.39, 0.29) is 6.61 Å². The van der Waals surface area contributed by atoms with Crippen LogP contribution in [0.1, 0.15) is 17.3 Å². The zero-order valence-electron chi connectivity index (χ0n) is 11.0. The summed E-state index contributed by atoms with van der Waals surface area (Å²) in [5, 5.41) is 2.12. The van der Waals surface area contributed by atoms with Gasteiger partial charge in [-0.05, 0) is 19.1 Å². The molecule has 0 atom stereocenters. The molecule has 0 aliphatic heterocycles. The molecule has 0 aliphatic carbocycles. The fourth-order valence-electron chi connectivity index (χ4n) is 2.31. The second kappa shape index (κ2) is 4.81. The van der Waals surface area contributed by atoms with E-state index in [2.05, 4.69) is 4.98 Å². The first-order chi connectivity index (χ1) is 9.70. The van der Waals surface area contributed by atoms with Crippen molar-refractivity contribution in [1.82, 2.24) is 4.98 Å². The molecule has 4 heteroatoms. The normalized spacial score (nSPS) is 10.8. The van der Waals surface area contributed by atoms with Crippen molar-refractivity contribution in [2.45, 2.75) is 6.92 Å². The van der Waals surface area contributed by atoms with Gasteiger partial charge in [0.05, 0.1) is 6.61 Å². The van der Waals surface area contributed by atoms with Crippen molar-refractivity contribution in [3.8, 4) is 0 Å². The van der Waals surface area contributed by atoms with E-state index in [1.54, 1.807) is 19.1 Å². The van der Waals surface area contributed by atoms with Gasteiger partial charge >= 0.3 is 5.97 Å². The van der Waals surface area contributed by atoms with Crippen LogP contribution in [0.3, 0.4) is 0 Å². The van der Waals surface area contributed by atoms with Gasteiger partial charge < -0.3 is 9.72 Å². The molecule has 3 rings (SSSR count). The minimum Gasteiger partial charge on any atom is -0.460 e. The average Bonchev–Trinajstić information content (AvgIpc) is 2.84. The van der Waals surface area contributed by atoms with E-state index >= 15 is 0 Å². The molecule has 0 fully saturated rings. The number of carbonyl (C=O) groups is 2. The first kappa shape index (κ1) is 12.4. The lowest BCUT2D eigenvalue weighted by Crippen LogP contribution is -2.17. The molecular formula is C16H13NO3. The molecule has 4 nitrogen and oxygen atoms in total. The highest BCUT2D eigenvalue weighted by molar-refractivity contribution is 6.41. The number of hydrogen-bond donors (Lipinski definition) is 1. The first-order valence-corrected chi connectivity index (χ1v) is 6.42. The summed E-state index contributed by atoms with van der Waals surface area (Å²) in [4.78, 5) is 26.6. The standard InChI is InChI=1S/C16H13NO3/c1-2-20-16(19)15(18)10-7-8-12-11-5-3-4-6-13(11)17-14(12)9-10/h3-9,17H,2H2,1H3. The summed E-state index contributed by atoms with van der Waals surface area (Å²) >= 11 is 0. The summed E-state index contributed by atoms with van der Waals surface area (Å²) in [5.41, 5.74) is 2.17. The van der Waals surface area contributed by atoms with Crippen LogP contribution in [0.4, 0.5) is 0 Å². The number of aromatic amines is 1. The van der Waals surface area contributed by atoms with E-state index in [0.717, 1.165) is 21.8 Å². The van der Waals surface area contributed by atoms with Crippen molar-refractivity contribution in [3.63, 3.8) is 0 Å². The minimum absolute atomic E-state index is 0.194. The third-order valence-electron chi connectivity index (χ3n) is 3.23. The lowest BCUT2D eigenvalue weighted by atomic mass is 10.1. The number of hydrogen-bond acceptors (Lipinski definition) is 3. The van der Waals surface area contributed by atoms with Crippen LogP contribution >= 0.6 is 0 Å². The van der Waals surface area contributed by atoms with Crippen molar-refractivity contribution in [2.75, 3.05) is 6.61 Å². The molecule has 1 N–H and O–H groups in total. The summed E-state index contributed by atoms with van der Waals surface area (Å²) in [6, 6.07) is 13.1. The SMILES string of the molecule is CCOC(=O)C(=O)c1ccc2c(c1)[nH]c1ccccc12. The van der Waals surface area contributed by atoms with E-state index < -0.39 is 11.8 Å². The number of para-hydroxylation sites is 1. The molecule has 0 aliphatic rings. The van der Waals surface area contributed by atoms with Gasteiger partial charge in [0.2, 0.25) is 0 Å². The highest BCUT2D eigenvalue weighted by Crippen LogP contribution is 2.25. The predicted octanol–water partition coefficient (Wildman–Crippen LogP) is 3.07. The summed E-state index contributed by atoms with van der Waals surface area (Å²) in [6.07, 6.45) is 0. The summed E-state index contributed by atoms with van der Waals surface area (Å²) in [5.74, 6) is -1.43. The molecule has 0 saturated carbocycles. The zero-order valence-corrected chi connectivity index (χ0v) is 11.0. The summed E-state index contributed by atoms with van der Waals surface area (Å²) in [6.45, 7) is 1.87. The molecule has 0 bridgehead atoms. The molecule has 1 heterocycles. The number of Topliss-reactive ketones (excluding diaryl/α,β-unsaturated/α-hetero) is 1. The van der Waals surface area contributed by atoms with Crippen LogP contribution < -0.4 is 0 Å². The van der Waals surface area contributed by atoms with E-state index in [4.69, 9.17) is 4.74 Å². The smallest absolute Gasteiger partial charge is 0.379 e. The number of H-pyrrole nitrogens is 1. The van der Waals surface area contributed by atoms with Crippen LogP contribution in [-0.2, 0) is 9.53 Å². The first-order valence-electron chi connectivity index (χ1n) is 6.42. The van der Waals surface area contributed by atoms with E-state index in [1.165, 1.54) is 0 Å². The maximum atomic E-state index is 11.9. The monoisotopic (exact) mass is 267 g/mol. The molecule has 100 valence electrons. The van der Waals surface area contributed by atoms with E-state index in [0.29, 0.717) is 5.56 Å². The molecule has 1 aromatic heterocycles. The third-order valence-corrected chi connectivity index (χ3v) is 3.23. The Bertz CT molecular complexity index is 817. The molecule has 0 saturated heterocycles. The highest BCUT2D eigenvalue weighted by atomic mass is 16.5. The highest BCUT2D eigenvalue weighted by Gasteiger charge is 2.18. The number of fused-ring (bicyclic) bond motifs is 3. The maximum Gasteiger partial charge on any atom is 0.379 e. The number of esters is 1. The van der Waals surface area contributed by atoms with Gasteiger partial charge in [0.25, 0.3) is 5.78 Å². The Morgan fingerprint density at radius 3 is 2.60 bits per heavy atom. The van der Waals surface area contributed by atoms with Gasteiger partial charge in [0.1, 0.15) is 0 Å². The van der Waals surface area contributed by atoms with Crippen molar-refractivity contribution in [1.29, 1.82) is 0 Å². The zero-order chi connectivity index (χ0) is 14.1. The Morgan fingerprint density at radius 2 is 1.80 bits per heavy atom. The average molecular weight is 267 g/mol. The van der Waals surface area contributed by atoms with Gasteiger partial charge in [-0.15, -0.1) is 0 Å². The fourth-order valence-corrected chi connectivity index (χ4v) is 2.31. The van der Waals surface area contributed by atoms with Gasteiger partial charge in [0.15, 0.2) is 0 Å². The van der Waals surface area contributed by atoms with Gasteiger partial charge in [0, 0.05) is 27.4 Å². The van der Waals surface area contributed by atoms with Crippen molar-refractivity contribution < 1.29 is 14.3 Å². The quantitative estimate of drug-likeness (QED) is 0.450. The number of benzene rings is 2. The Morgan fingerprint density at radius 1 is 1.05 bits per heavy atom. The number of carbonyl (C=O) groups excluding carboxylic acids is 2. The maximum absolute atomic E-state index is 11.9. The van der Waals surface area contributed by atoms with Crippen molar-refractivity contribution >= 4 is 33.6 Å². The Hall–Kier alpha value is -2.62. The molecule has 0 amide bonds. The largest absolute Gasteiger partial charge is 0.460 e. The van der Waals surface area contributed by atoms with E-state index in [1.807, 2.05) is 30.3 Å². The molecule has 2 aromatic carbocycles. The number of aromatic nitrogens is 1. The lowest BCUT2D eigenvalue weighted by Gasteiger charge is -2.01.